The monoisotopic (exact) mass is 569 g/mol. The number of ether oxygens (including phenoxy) is 3. The Kier molecular flexibility index (Phi) is 7.81. The van der Waals surface area contributed by atoms with E-state index in [2.05, 4.69) is 5.32 Å². The summed E-state index contributed by atoms with van der Waals surface area (Å²) in [5, 5.41) is 3.05. The maximum atomic E-state index is 14.0. The Balaban J connectivity index is 1.65. The SMILES string of the molecule is COc1ccc([C@@H]2C(C(=O)Nc3ccc(C)cc3C)=C(C)N=c3s/c(=C/c4ccc(OC)c(OC)c4)c(=O)n32)cc1. The minimum atomic E-state index is -0.685. The van der Waals surface area contributed by atoms with Gasteiger partial charge in [-0.2, -0.15) is 0 Å². The number of amides is 1. The number of hydrogen-bond acceptors (Lipinski definition) is 7. The highest BCUT2D eigenvalue weighted by Crippen LogP contribution is 2.32. The summed E-state index contributed by atoms with van der Waals surface area (Å²) in [7, 11) is 4.74. The smallest absolute Gasteiger partial charge is 0.271 e. The minimum Gasteiger partial charge on any atom is -0.497 e. The Morgan fingerprint density at radius 1 is 0.927 bits per heavy atom. The molecule has 0 aliphatic carbocycles. The van der Waals surface area contributed by atoms with Crippen molar-refractivity contribution in [1.82, 2.24) is 4.57 Å². The number of nitrogens with zero attached hydrogens (tertiary/aromatic N) is 2. The van der Waals surface area contributed by atoms with Gasteiger partial charge in [0.05, 0.1) is 43.2 Å². The summed E-state index contributed by atoms with van der Waals surface area (Å²) >= 11 is 1.28. The first kappa shape index (κ1) is 27.9. The van der Waals surface area contributed by atoms with Crippen LogP contribution in [0.3, 0.4) is 0 Å². The highest BCUT2D eigenvalue weighted by atomic mass is 32.1. The van der Waals surface area contributed by atoms with E-state index in [0.29, 0.717) is 43.5 Å². The molecule has 0 radical (unpaired) electrons. The molecule has 9 heteroatoms. The van der Waals surface area contributed by atoms with Gasteiger partial charge in [0.1, 0.15) is 5.75 Å². The number of fused-ring (bicyclic) bond motifs is 1. The van der Waals surface area contributed by atoms with E-state index in [9.17, 15) is 9.59 Å². The van der Waals surface area contributed by atoms with Gasteiger partial charge in [0.25, 0.3) is 11.5 Å². The molecule has 0 bridgehead atoms. The molecule has 1 aromatic heterocycles. The minimum absolute atomic E-state index is 0.242. The van der Waals surface area contributed by atoms with Crippen molar-refractivity contribution in [1.29, 1.82) is 0 Å². The number of thiazole rings is 1. The van der Waals surface area contributed by atoms with Gasteiger partial charge < -0.3 is 19.5 Å². The predicted molar refractivity (Wildman–Crippen MR) is 161 cm³/mol. The second-order valence-corrected chi connectivity index (χ2v) is 10.8. The first-order valence-corrected chi connectivity index (χ1v) is 13.8. The van der Waals surface area contributed by atoms with Gasteiger partial charge >= 0.3 is 0 Å². The number of rotatable bonds is 7. The van der Waals surface area contributed by atoms with Gasteiger partial charge in [0.2, 0.25) is 0 Å². The van der Waals surface area contributed by atoms with Crippen molar-refractivity contribution in [2.75, 3.05) is 26.6 Å². The largest absolute Gasteiger partial charge is 0.497 e. The number of allylic oxidation sites excluding steroid dienone is 1. The number of methoxy groups -OCH3 is 3. The van der Waals surface area contributed by atoms with E-state index in [1.807, 2.05) is 68.4 Å². The number of aryl methyl sites for hydroxylation is 2. The van der Waals surface area contributed by atoms with E-state index in [0.717, 1.165) is 22.3 Å². The molecule has 1 N–H and O–H groups in total. The van der Waals surface area contributed by atoms with Crippen molar-refractivity contribution in [3.63, 3.8) is 0 Å². The fourth-order valence-electron chi connectivity index (χ4n) is 4.95. The van der Waals surface area contributed by atoms with Crippen molar-refractivity contribution in [2.45, 2.75) is 26.8 Å². The van der Waals surface area contributed by atoms with Crippen molar-refractivity contribution >= 4 is 29.0 Å². The van der Waals surface area contributed by atoms with Gasteiger partial charge in [-0.3, -0.25) is 14.2 Å². The molecule has 41 heavy (non-hydrogen) atoms. The molecule has 2 heterocycles. The highest BCUT2D eigenvalue weighted by molar-refractivity contribution is 7.07. The summed E-state index contributed by atoms with van der Waals surface area (Å²) in [6.45, 7) is 5.76. The average molecular weight is 570 g/mol. The Labute approximate surface area is 241 Å². The fourth-order valence-corrected chi connectivity index (χ4v) is 6.00. The lowest BCUT2D eigenvalue weighted by Crippen LogP contribution is -2.40. The number of carbonyl (C=O) groups excluding carboxylic acids is 1. The molecule has 3 aromatic carbocycles. The van der Waals surface area contributed by atoms with Gasteiger partial charge in [0, 0.05) is 5.69 Å². The van der Waals surface area contributed by atoms with Gasteiger partial charge in [-0.05, 0) is 73.9 Å². The fraction of sp³-hybridized carbons (Fsp3) is 0.219. The summed E-state index contributed by atoms with van der Waals surface area (Å²) in [4.78, 5) is 33.1. The molecule has 1 aliphatic rings. The first-order chi connectivity index (χ1) is 19.7. The van der Waals surface area contributed by atoms with E-state index in [1.165, 1.54) is 11.3 Å². The average Bonchev–Trinajstić information content (AvgIpc) is 3.27. The van der Waals surface area contributed by atoms with Crippen molar-refractivity contribution < 1.29 is 19.0 Å². The summed E-state index contributed by atoms with van der Waals surface area (Å²) < 4.78 is 18.2. The Morgan fingerprint density at radius 3 is 2.32 bits per heavy atom. The molecule has 0 saturated heterocycles. The zero-order chi connectivity index (χ0) is 29.3. The molecule has 8 nitrogen and oxygen atoms in total. The lowest BCUT2D eigenvalue weighted by atomic mass is 9.95. The molecule has 210 valence electrons. The molecule has 0 spiro atoms. The van der Waals surface area contributed by atoms with E-state index in [4.69, 9.17) is 19.2 Å². The van der Waals surface area contributed by atoms with Crippen LogP contribution in [0.5, 0.6) is 17.2 Å². The lowest BCUT2D eigenvalue weighted by Gasteiger charge is -2.25. The van der Waals surface area contributed by atoms with E-state index in [1.54, 1.807) is 45.0 Å². The second-order valence-electron chi connectivity index (χ2n) is 9.74. The second kappa shape index (κ2) is 11.5. The molecule has 0 unspecified atom stereocenters. The van der Waals surface area contributed by atoms with E-state index >= 15 is 0 Å². The third-order valence-electron chi connectivity index (χ3n) is 7.03. The van der Waals surface area contributed by atoms with Crippen molar-refractivity contribution in [2.24, 2.45) is 4.99 Å². The van der Waals surface area contributed by atoms with Crippen LogP contribution in [0.2, 0.25) is 0 Å². The Hall–Kier alpha value is -4.63. The molecular weight excluding hydrogens is 538 g/mol. The maximum Gasteiger partial charge on any atom is 0.271 e. The summed E-state index contributed by atoms with van der Waals surface area (Å²) in [5.74, 6) is 1.52. The van der Waals surface area contributed by atoms with Crippen LogP contribution in [-0.4, -0.2) is 31.8 Å². The van der Waals surface area contributed by atoms with Crippen LogP contribution in [-0.2, 0) is 4.79 Å². The van der Waals surface area contributed by atoms with Crippen molar-refractivity contribution in [3.05, 3.63) is 114 Å². The maximum absolute atomic E-state index is 14.0. The van der Waals surface area contributed by atoms with Crippen LogP contribution in [0, 0.1) is 13.8 Å². The Morgan fingerprint density at radius 2 is 1.66 bits per heavy atom. The number of carbonyl (C=O) groups is 1. The number of benzene rings is 3. The topological polar surface area (TPSA) is 91.2 Å². The van der Waals surface area contributed by atoms with Crippen LogP contribution in [0.1, 0.15) is 35.2 Å². The molecule has 1 atom stereocenters. The number of anilines is 1. The molecule has 4 aromatic rings. The van der Waals surface area contributed by atoms with Gasteiger partial charge in [-0.15, -0.1) is 0 Å². The molecule has 1 amide bonds. The van der Waals surface area contributed by atoms with Crippen LogP contribution in [0.25, 0.3) is 6.08 Å². The van der Waals surface area contributed by atoms with Gasteiger partial charge in [-0.1, -0.05) is 47.2 Å². The van der Waals surface area contributed by atoms with Crippen LogP contribution < -0.4 is 34.4 Å². The summed E-state index contributed by atoms with van der Waals surface area (Å²) in [6, 6.07) is 18.0. The molecule has 0 saturated carbocycles. The van der Waals surface area contributed by atoms with Crippen molar-refractivity contribution in [3.8, 4) is 17.2 Å². The van der Waals surface area contributed by atoms with Crippen LogP contribution in [0.4, 0.5) is 5.69 Å². The quantitative estimate of drug-likeness (QED) is 0.354. The molecule has 0 fully saturated rings. The summed E-state index contributed by atoms with van der Waals surface area (Å²) in [5.41, 5.74) is 5.02. The Bertz CT molecular complexity index is 1850. The predicted octanol–water partition coefficient (Wildman–Crippen LogP) is 4.52. The standard InChI is InChI=1S/C32H31N3O5S/c1-18-7-13-24(19(2)15-18)34-30(36)28-20(3)33-32-35(29(28)22-9-11-23(38-4)12-10-22)31(37)27(41-32)17-21-8-14-25(39-5)26(16-21)40-6/h7-17,29H,1-6H3,(H,34,36)/b27-17+/t29-/m1/s1. The normalized spacial score (nSPS) is 14.8. The van der Waals surface area contributed by atoms with Gasteiger partial charge in [0.15, 0.2) is 16.3 Å². The zero-order valence-corrected chi connectivity index (χ0v) is 24.6. The van der Waals surface area contributed by atoms with E-state index in [-0.39, 0.29) is 11.5 Å². The van der Waals surface area contributed by atoms with Crippen LogP contribution in [0.15, 0.2) is 81.7 Å². The highest BCUT2D eigenvalue weighted by Gasteiger charge is 2.32. The molecule has 5 rings (SSSR count). The molecular formula is C32H31N3O5S. The first-order valence-electron chi connectivity index (χ1n) is 13.0. The zero-order valence-electron chi connectivity index (χ0n) is 23.8. The van der Waals surface area contributed by atoms with Gasteiger partial charge in [-0.25, -0.2) is 4.99 Å². The number of hydrogen-bond donors (Lipinski definition) is 1. The number of aromatic nitrogens is 1. The van der Waals surface area contributed by atoms with E-state index < -0.39 is 6.04 Å². The molecule has 1 aliphatic heterocycles. The lowest BCUT2D eigenvalue weighted by molar-refractivity contribution is -0.113. The van der Waals surface area contributed by atoms with Crippen LogP contribution >= 0.6 is 11.3 Å². The third kappa shape index (κ3) is 5.40. The third-order valence-corrected chi connectivity index (χ3v) is 8.02. The number of nitrogens with one attached hydrogen (secondary N) is 1. The summed E-state index contributed by atoms with van der Waals surface area (Å²) in [6.07, 6.45) is 1.80.